The maximum absolute atomic E-state index is 10.4. The van der Waals surface area contributed by atoms with Crippen LogP contribution in [0.4, 0.5) is 0 Å². The van der Waals surface area contributed by atoms with E-state index in [1.54, 1.807) is 0 Å². The van der Waals surface area contributed by atoms with Crippen LogP contribution in [0.5, 0.6) is 0 Å². The highest BCUT2D eigenvalue weighted by atomic mass is 16.1. The molecule has 0 spiro atoms. The van der Waals surface area contributed by atoms with Crippen molar-refractivity contribution in [1.82, 2.24) is 9.78 Å². The van der Waals surface area contributed by atoms with Crippen LogP contribution in [0.1, 0.15) is 31.2 Å². The lowest BCUT2D eigenvalue weighted by Crippen LogP contribution is -2.02. The first kappa shape index (κ1) is 12.6. The molecule has 1 heterocycles. The first-order chi connectivity index (χ1) is 8.85. The molecule has 1 aromatic heterocycles. The number of hydrogen-bond acceptors (Lipinski definition) is 2. The fourth-order valence-corrected chi connectivity index (χ4v) is 2.03. The van der Waals surface area contributed by atoms with E-state index in [0.29, 0.717) is 6.42 Å². The van der Waals surface area contributed by atoms with Gasteiger partial charge in [-0.3, -0.25) is 0 Å². The molecule has 0 bridgehead atoms. The molecule has 0 saturated carbocycles. The van der Waals surface area contributed by atoms with Crippen molar-refractivity contribution in [2.75, 3.05) is 0 Å². The normalized spacial score (nSPS) is 10.5. The molecule has 0 amide bonds. The van der Waals surface area contributed by atoms with Gasteiger partial charge in [-0.2, -0.15) is 5.10 Å². The molecule has 3 nitrogen and oxygen atoms in total. The Hall–Kier alpha value is -1.90. The largest absolute Gasteiger partial charge is 0.303 e. The molecular weight excluding hydrogens is 224 g/mol. The van der Waals surface area contributed by atoms with Gasteiger partial charge in [0, 0.05) is 12.1 Å². The van der Waals surface area contributed by atoms with E-state index in [1.165, 1.54) is 5.69 Å². The van der Waals surface area contributed by atoms with Gasteiger partial charge in [-0.25, -0.2) is 4.68 Å². The molecule has 0 atom stereocenters. The van der Waals surface area contributed by atoms with Crippen molar-refractivity contribution < 1.29 is 4.79 Å². The molecule has 0 aliphatic rings. The molecule has 0 N–H and O–H groups in total. The van der Waals surface area contributed by atoms with Crippen LogP contribution in [-0.2, 0) is 17.6 Å². The molecule has 0 radical (unpaired) electrons. The number of nitrogens with zero attached hydrogens (tertiary/aromatic N) is 2. The van der Waals surface area contributed by atoms with Gasteiger partial charge in [0.05, 0.1) is 11.4 Å². The first-order valence-electron chi connectivity index (χ1n) is 6.42. The van der Waals surface area contributed by atoms with Crippen LogP contribution in [0.15, 0.2) is 36.4 Å². The van der Waals surface area contributed by atoms with Gasteiger partial charge in [-0.05, 0) is 31.0 Å². The molecule has 0 fully saturated rings. The zero-order chi connectivity index (χ0) is 12.8. The lowest BCUT2D eigenvalue weighted by atomic mass is 10.2. The maximum Gasteiger partial charge on any atom is 0.120 e. The van der Waals surface area contributed by atoms with Gasteiger partial charge in [-0.1, -0.05) is 31.5 Å². The summed E-state index contributed by atoms with van der Waals surface area (Å²) in [5, 5.41) is 4.59. The van der Waals surface area contributed by atoms with Gasteiger partial charge >= 0.3 is 0 Å². The zero-order valence-corrected chi connectivity index (χ0v) is 10.7. The van der Waals surface area contributed by atoms with Gasteiger partial charge < -0.3 is 4.79 Å². The van der Waals surface area contributed by atoms with E-state index in [-0.39, 0.29) is 0 Å². The Kier molecular flexibility index (Phi) is 4.29. The number of para-hydroxylation sites is 1. The standard InChI is InChI=1S/C15H18N2O/c1-2-7-15-12-13(8-6-11-18)16-17(15)14-9-4-3-5-10-14/h3-5,9-12H,2,6-8H2,1H3. The smallest absolute Gasteiger partial charge is 0.120 e. The maximum atomic E-state index is 10.4. The van der Waals surface area contributed by atoms with Crippen LogP contribution >= 0.6 is 0 Å². The van der Waals surface area contributed by atoms with E-state index in [4.69, 9.17) is 0 Å². The second-order valence-corrected chi connectivity index (χ2v) is 4.33. The predicted octanol–water partition coefficient (Wildman–Crippen LogP) is 2.96. The molecule has 0 unspecified atom stereocenters. The predicted molar refractivity (Wildman–Crippen MR) is 71.9 cm³/mol. The van der Waals surface area contributed by atoms with Gasteiger partial charge in [0.15, 0.2) is 0 Å². The van der Waals surface area contributed by atoms with Crippen LogP contribution in [0.2, 0.25) is 0 Å². The van der Waals surface area contributed by atoms with Crippen molar-refractivity contribution in [3.8, 4) is 5.69 Å². The topological polar surface area (TPSA) is 34.9 Å². The number of hydrogen-bond donors (Lipinski definition) is 0. The molecule has 0 saturated heterocycles. The molecule has 0 aliphatic heterocycles. The van der Waals surface area contributed by atoms with Crippen molar-refractivity contribution >= 4 is 6.29 Å². The van der Waals surface area contributed by atoms with Crippen LogP contribution in [0, 0.1) is 0 Å². The van der Waals surface area contributed by atoms with E-state index in [0.717, 1.165) is 36.9 Å². The van der Waals surface area contributed by atoms with E-state index in [1.807, 2.05) is 22.9 Å². The minimum absolute atomic E-state index is 0.539. The monoisotopic (exact) mass is 242 g/mol. The molecular formula is C15H18N2O. The molecule has 1 aromatic carbocycles. The fraction of sp³-hybridized carbons (Fsp3) is 0.333. The molecule has 3 heteroatoms. The number of benzene rings is 1. The number of rotatable bonds is 6. The summed E-state index contributed by atoms with van der Waals surface area (Å²) < 4.78 is 1.99. The third kappa shape index (κ3) is 2.86. The SMILES string of the molecule is CCCc1cc(CCC=O)nn1-c1ccccc1. The summed E-state index contributed by atoms with van der Waals surface area (Å²) in [6.45, 7) is 2.16. The van der Waals surface area contributed by atoms with Crippen molar-refractivity contribution in [3.63, 3.8) is 0 Å². The highest BCUT2D eigenvalue weighted by Gasteiger charge is 2.08. The summed E-state index contributed by atoms with van der Waals surface area (Å²) in [4.78, 5) is 10.4. The lowest BCUT2D eigenvalue weighted by molar-refractivity contribution is -0.107. The highest BCUT2D eigenvalue weighted by molar-refractivity contribution is 5.49. The number of carbonyl (C=O) groups is 1. The van der Waals surface area contributed by atoms with Crippen LogP contribution in [0.3, 0.4) is 0 Å². The second-order valence-electron chi connectivity index (χ2n) is 4.33. The summed E-state index contributed by atoms with van der Waals surface area (Å²) >= 11 is 0. The third-order valence-electron chi connectivity index (χ3n) is 2.86. The average Bonchev–Trinajstić information content (AvgIpc) is 2.81. The van der Waals surface area contributed by atoms with Gasteiger partial charge in [0.1, 0.15) is 6.29 Å². The van der Waals surface area contributed by atoms with Crippen molar-refractivity contribution in [2.45, 2.75) is 32.6 Å². The second kappa shape index (κ2) is 6.15. The Morgan fingerprint density at radius 3 is 2.67 bits per heavy atom. The Morgan fingerprint density at radius 1 is 1.22 bits per heavy atom. The Balaban J connectivity index is 2.32. The number of aromatic nitrogens is 2. The summed E-state index contributed by atoms with van der Waals surface area (Å²) in [7, 11) is 0. The Morgan fingerprint density at radius 2 is 2.00 bits per heavy atom. The van der Waals surface area contributed by atoms with Crippen LogP contribution < -0.4 is 0 Å². The summed E-state index contributed by atoms with van der Waals surface area (Å²) in [6.07, 6.45) is 4.30. The van der Waals surface area contributed by atoms with E-state index < -0.39 is 0 Å². The highest BCUT2D eigenvalue weighted by Crippen LogP contribution is 2.15. The van der Waals surface area contributed by atoms with Crippen LogP contribution in [0.25, 0.3) is 5.69 Å². The van der Waals surface area contributed by atoms with E-state index >= 15 is 0 Å². The summed E-state index contributed by atoms with van der Waals surface area (Å²) in [5.41, 5.74) is 3.29. The van der Waals surface area contributed by atoms with Crippen molar-refractivity contribution in [3.05, 3.63) is 47.8 Å². The number of carbonyl (C=O) groups excluding carboxylic acids is 1. The zero-order valence-electron chi connectivity index (χ0n) is 10.7. The summed E-state index contributed by atoms with van der Waals surface area (Å²) in [6, 6.07) is 12.2. The fourth-order valence-electron chi connectivity index (χ4n) is 2.03. The quantitative estimate of drug-likeness (QED) is 0.730. The molecule has 18 heavy (non-hydrogen) atoms. The molecule has 94 valence electrons. The lowest BCUT2D eigenvalue weighted by Gasteiger charge is -2.05. The van der Waals surface area contributed by atoms with E-state index in [9.17, 15) is 4.79 Å². The molecule has 2 rings (SSSR count). The molecule has 0 aliphatic carbocycles. The number of aldehydes is 1. The first-order valence-corrected chi connectivity index (χ1v) is 6.42. The minimum Gasteiger partial charge on any atom is -0.303 e. The Labute approximate surface area is 107 Å². The van der Waals surface area contributed by atoms with Crippen molar-refractivity contribution in [2.24, 2.45) is 0 Å². The van der Waals surface area contributed by atoms with E-state index in [2.05, 4.69) is 30.2 Å². The van der Waals surface area contributed by atoms with Crippen LogP contribution in [-0.4, -0.2) is 16.1 Å². The summed E-state index contributed by atoms with van der Waals surface area (Å²) in [5.74, 6) is 0. The number of aryl methyl sites for hydroxylation is 2. The average molecular weight is 242 g/mol. The van der Waals surface area contributed by atoms with Gasteiger partial charge in [-0.15, -0.1) is 0 Å². The van der Waals surface area contributed by atoms with Crippen molar-refractivity contribution in [1.29, 1.82) is 0 Å². The van der Waals surface area contributed by atoms with Gasteiger partial charge in [0.25, 0.3) is 0 Å². The molecule has 2 aromatic rings. The third-order valence-corrected chi connectivity index (χ3v) is 2.86. The van der Waals surface area contributed by atoms with Gasteiger partial charge in [0.2, 0.25) is 0 Å². The minimum atomic E-state index is 0.539. The Bertz CT molecular complexity index is 502.